The van der Waals surface area contributed by atoms with Crippen LogP contribution in [0.1, 0.15) is 5.56 Å². The van der Waals surface area contributed by atoms with Gasteiger partial charge in [0.05, 0.1) is 4.47 Å². The molecule has 6 nitrogen and oxygen atoms in total. The Morgan fingerprint density at radius 2 is 2.33 bits per heavy atom. The van der Waals surface area contributed by atoms with Crippen LogP contribution in [0.4, 0.5) is 10.1 Å². The molecule has 0 unspecified atom stereocenters. The Kier molecular flexibility index (Phi) is 3.66. The van der Waals surface area contributed by atoms with E-state index < -0.39 is 0 Å². The van der Waals surface area contributed by atoms with Crippen molar-refractivity contribution in [3.63, 3.8) is 0 Å². The molecule has 0 aliphatic carbocycles. The summed E-state index contributed by atoms with van der Waals surface area (Å²) in [5.74, 6) is -0.658. The molecule has 0 fully saturated rings. The van der Waals surface area contributed by atoms with Gasteiger partial charge in [-0.1, -0.05) is 0 Å². The first kappa shape index (κ1) is 12.6. The van der Waals surface area contributed by atoms with Crippen LogP contribution in [0.2, 0.25) is 0 Å². The molecule has 0 spiro atoms. The normalized spacial score (nSPS) is 10.4. The Morgan fingerprint density at radius 3 is 3.00 bits per heavy atom. The van der Waals surface area contributed by atoms with E-state index in [1.54, 1.807) is 6.92 Å². The van der Waals surface area contributed by atoms with Gasteiger partial charge in [-0.25, -0.2) is 9.07 Å². The number of carbonyl (C=O) groups excluding carboxylic acids is 1. The van der Waals surface area contributed by atoms with E-state index in [-0.39, 0.29) is 18.3 Å². The smallest absolute Gasteiger partial charge is 0.246 e. The van der Waals surface area contributed by atoms with Crippen molar-refractivity contribution in [3.05, 3.63) is 34.3 Å². The largest absolute Gasteiger partial charge is 0.324 e. The van der Waals surface area contributed by atoms with E-state index in [4.69, 9.17) is 0 Å². The molecule has 18 heavy (non-hydrogen) atoms. The first-order valence-electron chi connectivity index (χ1n) is 5.02. The number of hydrogen-bond donors (Lipinski definition) is 1. The van der Waals surface area contributed by atoms with E-state index in [0.29, 0.717) is 15.7 Å². The molecule has 8 heteroatoms. The van der Waals surface area contributed by atoms with Gasteiger partial charge < -0.3 is 5.32 Å². The summed E-state index contributed by atoms with van der Waals surface area (Å²) in [5.41, 5.74) is 1.18. The molecule has 2 aromatic rings. The number of anilines is 1. The Hall–Kier alpha value is -1.83. The minimum absolute atomic E-state index is 0.00142. The predicted octanol–water partition coefficient (Wildman–Crippen LogP) is 1.52. The standard InChI is InChI=1S/C10H9BrFN5O/c1-6-2-8(12)7(11)3-9(6)14-10(18)4-17-5-13-15-16-17/h2-3,5H,4H2,1H3,(H,14,18). The topological polar surface area (TPSA) is 72.7 Å². The second-order valence-corrected chi connectivity index (χ2v) is 4.49. The molecular weight excluding hydrogens is 305 g/mol. The number of tetrazole rings is 1. The first-order valence-corrected chi connectivity index (χ1v) is 5.82. The summed E-state index contributed by atoms with van der Waals surface area (Å²) >= 11 is 3.07. The molecule has 94 valence electrons. The molecular formula is C10H9BrFN5O. The second-order valence-electron chi connectivity index (χ2n) is 3.64. The van der Waals surface area contributed by atoms with Gasteiger partial charge in [0.25, 0.3) is 0 Å². The molecule has 1 amide bonds. The summed E-state index contributed by atoms with van der Waals surface area (Å²) < 4.78 is 14.8. The van der Waals surface area contributed by atoms with E-state index in [0.717, 1.165) is 0 Å². The van der Waals surface area contributed by atoms with Crippen LogP contribution in [0.25, 0.3) is 0 Å². The Morgan fingerprint density at radius 1 is 1.56 bits per heavy atom. The maximum atomic E-state index is 13.2. The highest BCUT2D eigenvalue weighted by Gasteiger charge is 2.09. The van der Waals surface area contributed by atoms with Crippen molar-refractivity contribution in [1.82, 2.24) is 20.2 Å². The molecule has 0 saturated carbocycles. The average Bonchev–Trinajstić information content (AvgIpc) is 2.78. The van der Waals surface area contributed by atoms with Gasteiger partial charge in [0.1, 0.15) is 18.7 Å². The van der Waals surface area contributed by atoms with Crippen LogP contribution >= 0.6 is 15.9 Å². The molecule has 0 aliphatic heterocycles. The molecule has 1 N–H and O–H groups in total. The zero-order chi connectivity index (χ0) is 13.1. The predicted molar refractivity (Wildman–Crippen MR) is 65.3 cm³/mol. The van der Waals surface area contributed by atoms with Gasteiger partial charge in [-0.2, -0.15) is 0 Å². The summed E-state index contributed by atoms with van der Waals surface area (Å²) in [7, 11) is 0. The van der Waals surface area contributed by atoms with Crippen molar-refractivity contribution in [2.45, 2.75) is 13.5 Å². The van der Waals surface area contributed by atoms with Crippen LogP contribution in [0, 0.1) is 12.7 Å². The lowest BCUT2D eigenvalue weighted by Crippen LogP contribution is -2.19. The number of amides is 1. The number of carbonyl (C=O) groups is 1. The van der Waals surface area contributed by atoms with E-state index >= 15 is 0 Å². The van der Waals surface area contributed by atoms with Crippen LogP contribution in [0.3, 0.4) is 0 Å². The van der Waals surface area contributed by atoms with Gasteiger partial charge in [-0.05, 0) is 51.0 Å². The summed E-state index contributed by atoms with van der Waals surface area (Å²) in [6, 6.07) is 2.86. The number of benzene rings is 1. The van der Waals surface area contributed by atoms with Crippen molar-refractivity contribution in [2.75, 3.05) is 5.32 Å². The van der Waals surface area contributed by atoms with Gasteiger partial charge in [0, 0.05) is 5.69 Å². The van der Waals surface area contributed by atoms with Crippen LogP contribution in [-0.2, 0) is 11.3 Å². The van der Waals surface area contributed by atoms with E-state index in [1.807, 2.05) is 0 Å². The highest BCUT2D eigenvalue weighted by Crippen LogP contribution is 2.24. The third-order valence-corrected chi connectivity index (χ3v) is 2.85. The fraction of sp³-hybridized carbons (Fsp3) is 0.200. The third-order valence-electron chi connectivity index (χ3n) is 2.24. The maximum absolute atomic E-state index is 13.2. The zero-order valence-electron chi connectivity index (χ0n) is 9.39. The Balaban J connectivity index is 2.09. The first-order chi connectivity index (χ1) is 8.56. The van der Waals surface area contributed by atoms with Crippen LogP contribution in [0.15, 0.2) is 22.9 Å². The van der Waals surface area contributed by atoms with E-state index in [1.165, 1.54) is 23.1 Å². The van der Waals surface area contributed by atoms with Gasteiger partial charge in [0.15, 0.2) is 0 Å². The lowest BCUT2D eigenvalue weighted by atomic mass is 10.2. The quantitative estimate of drug-likeness (QED) is 0.932. The fourth-order valence-electron chi connectivity index (χ4n) is 1.37. The van der Waals surface area contributed by atoms with Gasteiger partial charge >= 0.3 is 0 Å². The van der Waals surface area contributed by atoms with Crippen LogP contribution < -0.4 is 5.32 Å². The van der Waals surface area contributed by atoms with Crippen molar-refractivity contribution >= 4 is 27.5 Å². The SMILES string of the molecule is Cc1cc(F)c(Br)cc1NC(=O)Cn1cnnn1. The van der Waals surface area contributed by atoms with Crippen molar-refractivity contribution in [3.8, 4) is 0 Å². The number of nitrogens with zero attached hydrogens (tertiary/aromatic N) is 4. The summed E-state index contributed by atoms with van der Waals surface area (Å²) in [5, 5.41) is 13.1. The Labute approximate surface area is 110 Å². The van der Waals surface area contributed by atoms with Crippen molar-refractivity contribution in [1.29, 1.82) is 0 Å². The van der Waals surface area contributed by atoms with Gasteiger partial charge in [-0.15, -0.1) is 5.10 Å². The summed E-state index contributed by atoms with van der Waals surface area (Å²) in [6.45, 7) is 1.71. The minimum Gasteiger partial charge on any atom is -0.324 e. The number of hydrogen-bond acceptors (Lipinski definition) is 4. The lowest BCUT2D eigenvalue weighted by molar-refractivity contribution is -0.116. The molecule has 0 atom stereocenters. The van der Waals surface area contributed by atoms with E-state index in [2.05, 4.69) is 36.8 Å². The highest BCUT2D eigenvalue weighted by atomic mass is 79.9. The molecule has 1 heterocycles. The number of nitrogens with one attached hydrogen (secondary N) is 1. The second kappa shape index (κ2) is 5.21. The monoisotopic (exact) mass is 313 g/mol. The molecule has 0 aliphatic rings. The van der Waals surface area contributed by atoms with Crippen LogP contribution in [-0.4, -0.2) is 26.1 Å². The third kappa shape index (κ3) is 2.89. The van der Waals surface area contributed by atoms with Crippen LogP contribution in [0.5, 0.6) is 0 Å². The molecule has 0 saturated heterocycles. The highest BCUT2D eigenvalue weighted by molar-refractivity contribution is 9.10. The maximum Gasteiger partial charge on any atom is 0.246 e. The zero-order valence-corrected chi connectivity index (χ0v) is 11.0. The number of aromatic nitrogens is 4. The minimum atomic E-state index is -0.369. The van der Waals surface area contributed by atoms with E-state index in [9.17, 15) is 9.18 Å². The van der Waals surface area contributed by atoms with Gasteiger partial charge in [0.2, 0.25) is 5.91 Å². The molecule has 1 aromatic heterocycles. The number of halogens is 2. The number of aryl methyl sites for hydroxylation is 1. The number of rotatable bonds is 3. The molecule has 0 radical (unpaired) electrons. The summed E-state index contributed by atoms with van der Waals surface area (Å²) in [4.78, 5) is 11.7. The molecule has 0 bridgehead atoms. The lowest BCUT2D eigenvalue weighted by Gasteiger charge is -2.09. The summed E-state index contributed by atoms with van der Waals surface area (Å²) in [6.07, 6.45) is 1.34. The Bertz CT molecular complexity index is 572. The van der Waals surface area contributed by atoms with Gasteiger partial charge in [-0.3, -0.25) is 4.79 Å². The molecule has 2 rings (SSSR count). The van der Waals surface area contributed by atoms with Crippen molar-refractivity contribution in [2.24, 2.45) is 0 Å². The molecule has 1 aromatic carbocycles. The van der Waals surface area contributed by atoms with Crippen molar-refractivity contribution < 1.29 is 9.18 Å². The average molecular weight is 314 g/mol. The fourth-order valence-corrected chi connectivity index (χ4v) is 1.71.